The van der Waals surface area contributed by atoms with E-state index >= 15 is 0 Å². The molecule has 0 unspecified atom stereocenters. The van der Waals surface area contributed by atoms with Crippen LogP contribution in [0.15, 0.2) is 60.7 Å². The van der Waals surface area contributed by atoms with Crippen LogP contribution in [0.1, 0.15) is 24.0 Å². The molecule has 1 heterocycles. The first-order valence-electron chi connectivity index (χ1n) is 10.3. The fourth-order valence-electron chi connectivity index (χ4n) is 3.31. The number of methoxy groups -OCH3 is 1. The van der Waals surface area contributed by atoms with Gasteiger partial charge in [0.25, 0.3) is 0 Å². The first-order valence-corrected chi connectivity index (χ1v) is 12.4. The highest BCUT2D eigenvalue weighted by atomic mass is 32.2. The van der Waals surface area contributed by atoms with Crippen molar-refractivity contribution in [1.82, 2.24) is 0 Å². The third kappa shape index (κ3) is 7.75. The summed E-state index contributed by atoms with van der Waals surface area (Å²) in [5, 5.41) is 0. The topological polar surface area (TPSA) is 44.8 Å². The molecule has 2 aromatic carbocycles. The molecule has 0 N–H and O–H groups in total. The summed E-state index contributed by atoms with van der Waals surface area (Å²) in [6.45, 7) is 0.853. The molecule has 2 aromatic rings. The van der Waals surface area contributed by atoms with Gasteiger partial charge in [-0.2, -0.15) is 0 Å². The van der Waals surface area contributed by atoms with Crippen molar-refractivity contribution in [2.24, 2.45) is 0 Å². The van der Waals surface area contributed by atoms with Crippen LogP contribution >= 0.6 is 23.5 Å². The van der Waals surface area contributed by atoms with Crippen molar-refractivity contribution in [2.75, 3.05) is 25.2 Å². The van der Waals surface area contributed by atoms with Crippen molar-refractivity contribution in [1.29, 1.82) is 0 Å². The van der Waals surface area contributed by atoms with Crippen LogP contribution in [0.25, 0.3) is 0 Å². The van der Waals surface area contributed by atoms with Gasteiger partial charge in [0.2, 0.25) is 0 Å². The van der Waals surface area contributed by atoms with E-state index in [1.807, 2.05) is 84.2 Å². The van der Waals surface area contributed by atoms with E-state index in [1.54, 1.807) is 7.11 Å². The lowest BCUT2D eigenvalue weighted by Gasteiger charge is -2.31. The number of ketones is 1. The normalized spacial score (nSPS) is 16.8. The van der Waals surface area contributed by atoms with Gasteiger partial charge in [-0.15, -0.1) is 23.5 Å². The Morgan fingerprint density at radius 3 is 2.07 bits per heavy atom. The van der Waals surface area contributed by atoms with Crippen LogP contribution in [0.3, 0.4) is 0 Å². The van der Waals surface area contributed by atoms with Gasteiger partial charge in [0, 0.05) is 7.11 Å². The van der Waals surface area contributed by atoms with E-state index in [2.05, 4.69) is 0 Å². The Kier molecular flexibility index (Phi) is 10.3. The molecule has 30 heavy (non-hydrogen) atoms. The predicted octanol–water partition coefficient (Wildman–Crippen LogP) is 4.96. The monoisotopic (exact) mass is 446 g/mol. The number of carbonyl (C=O) groups excluding carboxylic acids is 1. The van der Waals surface area contributed by atoms with Crippen molar-refractivity contribution >= 4 is 29.3 Å². The molecule has 1 aliphatic rings. The average molecular weight is 447 g/mol. The summed E-state index contributed by atoms with van der Waals surface area (Å²) in [5.74, 6) is 2.24. The highest BCUT2D eigenvalue weighted by molar-refractivity contribution is 8.17. The first kappa shape index (κ1) is 23.4. The lowest BCUT2D eigenvalue weighted by atomic mass is 10.1. The quantitative estimate of drug-likeness (QED) is 0.459. The zero-order valence-corrected chi connectivity index (χ0v) is 19.0. The van der Waals surface area contributed by atoms with Gasteiger partial charge in [-0.25, -0.2) is 0 Å². The Labute approximate surface area is 188 Å². The van der Waals surface area contributed by atoms with Crippen LogP contribution in [-0.4, -0.2) is 47.8 Å². The molecule has 0 bridgehead atoms. The van der Waals surface area contributed by atoms with Gasteiger partial charge in [-0.3, -0.25) is 4.79 Å². The third-order valence-corrected chi connectivity index (χ3v) is 7.84. The lowest BCUT2D eigenvalue weighted by Crippen LogP contribution is -2.41. The Morgan fingerprint density at radius 2 is 1.50 bits per heavy atom. The minimum atomic E-state index is -0.656. The second kappa shape index (κ2) is 13.2. The van der Waals surface area contributed by atoms with Gasteiger partial charge < -0.3 is 14.2 Å². The lowest BCUT2D eigenvalue weighted by molar-refractivity contribution is -0.149. The standard InChI is InChI=1S/C24H30O4S2/c1-26-18-21(25)24(28-17-20-11-6-3-7-12-20)22(15-23-29-13-8-14-30-23)27-16-19-9-4-2-5-10-19/h2-7,9-12,22-24H,8,13-18H2,1H3/t22-,24-/m1/s1. The maximum absolute atomic E-state index is 12.9. The van der Waals surface area contributed by atoms with Crippen molar-refractivity contribution in [3.63, 3.8) is 0 Å². The number of hydrogen-bond donors (Lipinski definition) is 0. The molecule has 2 atom stereocenters. The summed E-state index contributed by atoms with van der Waals surface area (Å²) in [4.78, 5) is 12.9. The molecular formula is C24H30O4S2. The molecule has 4 nitrogen and oxygen atoms in total. The van der Waals surface area contributed by atoms with Crippen LogP contribution in [0.5, 0.6) is 0 Å². The molecule has 0 aromatic heterocycles. The van der Waals surface area contributed by atoms with Crippen LogP contribution in [-0.2, 0) is 32.2 Å². The van der Waals surface area contributed by atoms with Crippen molar-refractivity contribution in [3.8, 4) is 0 Å². The Bertz CT molecular complexity index is 735. The minimum absolute atomic E-state index is 0.0234. The van der Waals surface area contributed by atoms with Crippen LogP contribution in [0, 0.1) is 0 Å². The Morgan fingerprint density at radius 1 is 0.933 bits per heavy atom. The number of rotatable bonds is 12. The van der Waals surface area contributed by atoms with Gasteiger partial charge in [-0.05, 0) is 35.5 Å². The molecule has 1 aliphatic heterocycles. The summed E-state index contributed by atoms with van der Waals surface area (Å²) in [7, 11) is 1.54. The highest BCUT2D eigenvalue weighted by Gasteiger charge is 2.33. The highest BCUT2D eigenvalue weighted by Crippen LogP contribution is 2.35. The zero-order valence-electron chi connectivity index (χ0n) is 17.4. The average Bonchev–Trinajstić information content (AvgIpc) is 2.79. The fourth-order valence-corrected chi connectivity index (χ4v) is 6.26. The maximum atomic E-state index is 12.9. The minimum Gasteiger partial charge on any atom is -0.377 e. The second-order valence-corrected chi connectivity index (χ2v) is 10.1. The summed E-state index contributed by atoms with van der Waals surface area (Å²) >= 11 is 3.91. The van der Waals surface area contributed by atoms with Crippen molar-refractivity contribution in [3.05, 3.63) is 71.8 Å². The molecule has 1 fully saturated rings. The van der Waals surface area contributed by atoms with Gasteiger partial charge in [0.15, 0.2) is 5.78 Å². The molecule has 0 spiro atoms. The molecule has 1 saturated heterocycles. The van der Waals surface area contributed by atoms with Crippen molar-refractivity contribution in [2.45, 2.75) is 42.8 Å². The SMILES string of the molecule is COCC(=O)[C@@H](OCc1ccccc1)[C@@H](CC1SCCCS1)OCc1ccccc1. The molecule has 0 amide bonds. The Hall–Kier alpha value is -1.31. The van der Waals surface area contributed by atoms with Gasteiger partial charge in [-0.1, -0.05) is 60.7 Å². The molecule has 3 rings (SSSR count). The number of benzene rings is 2. The molecule has 162 valence electrons. The van der Waals surface area contributed by atoms with E-state index in [0.29, 0.717) is 17.8 Å². The van der Waals surface area contributed by atoms with Gasteiger partial charge in [0.05, 0.1) is 23.9 Å². The molecule has 0 radical (unpaired) electrons. The smallest absolute Gasteiger partial charge is 0.189 e. The molecule has 0 aliphatic carbocycles. The number of Topliss-reactive ketones (excluding diaryl/α,β-unsaturated/α-hetero) is 1. The third-order valence-electron chi connectivity index (χ3n) is 4.84. The maximum Gasteiger partial charge on any atom is 0.189 e. The Balaban J connectivity index is 1.73. The summed E-state index contributed by atoms with van der Waals surface area (Å²) < 4.78 is 18.0. The molecule has 6 heteroatoms. The molecule has 0 saturated carbocycles. The van der Waals surface area contributed by atoms with Crippen LogP contribution < -0.4 is 0 Å². The number of hydrogen-bond acceptors (Lipinski definition) is 6. The van der Waals surface area contributed by atoms with Crippen molar-refractivity contribution < 1.29 is 19.0 Å². The number of ether oxygens (including phenoxy) is 3. The summed E-state index contributed by atoms with van der Waals surface area (Å²) in [5.41, 5.74) is 2.13. The number of thioether (sulfide) groups is 2. The van der Waals surface area contributed by atoms with E-state index in [9.17, 15) is 4.79 Å². The first-order chi connectivity index (χ1) is 14.8. The zero-order chi connectivity index (χ0) is 21.0. The van der Waals surface area contributed by atoms with Gasteiger partial charge >= 0.3 is 0 Å². The molecular weight excluding hydrogens is 416 g/mol. The predicted molar refractivity (Wildman–Crippen MR) is 125 cm³/mol. The largest absolute Gasteiger partial charge is 0.377 e. The second-order valence-electron chi connectivity index (χ2n) is 7.21. The van der Waals surface area contributed by atoms with E-state index in [0.717, 1.165) is 29.1 Å². The summed E-state index contributed by atoms with van der Waals surface area (Å²) in [6, 6.07) is 20.0. The van der Waals surface area contributed by atoms with E-state index in [-0.39, 0.29) is 18.5 Å². The van der Waals surface area contributed by atoms with E-state index < -0.39 is 6.10 Å². The van der Waals surface area contributed by atoms with E-state index in [1.165, 1.54) is 6.42 Å². The van der Waals surface area contributed by atoms with Gasteiger partial charge in [0.1, 0.15) is 12.7 Å². The summed E-state index contributed by atoms with van der Waals surface area (Å²) in [6.07, 6.45) is 1.03. The van der Waals surface area contributed by atoms with Crippen LogP contribution in [0.2, 0.25) is 0 Å². The van der Waals surface area contributed by atoms with Crippen LogP contribution in [0.4, 0.5) is 0 Å². The number of carbonyl (C=O) groups is 1. The fraction of sp³-hybridized carbons (Fsp3) is 0.458. The van der Waals surface area contributed by atoms with E-state index in [4.69, 9.17) is 14.2 Å².